The molecule has 1 fully saturated rings. The predicted molar refractivity (Wildman–Crippen MR) is 123 cm³/mol. The molecule has 1 aliphatic heterocycles. The van der Waals surface area contributed by atoms with Gasteiger partial charge >= 0.3 is 6.09 Å². The summed E-state index contributed by atoms with van der Waals surface area (Å²) in [5, 5.41) is 9.34. The Morgan fingerprint density at radius 3 is 2.47 bits per heavy atom. The van der Waals surface area contributed by atoms with E-state index in [1.807, 2.05) is 56.0 Å². The fraction of sp³-hybridized carbons (Fsp3) is 0.565. The number of hydrogen-bond acceptors (Lipinski definition) is 5. The summed E-state index contributed by atoms with van der Waals surface area (Å²) in [6, 6.07) is 11.2. The van der Waals surface area contributed by atoms with Crippen LogP contribution in [0.5, 0.6) is 0 Å². The minimum absolute atomic E-state index is 0.134. The van der Waals surface area contributed by atoms with E-state index in [-0.39, 0.29) is 22.7 Å². The third kappa shape index (κ3) is 5.89. The molecule has 1 saturated heterocycles. The highest BCUT2D eigenvalue weighted by atomic mass is 32.2. The third-order valence-electron chi connectivity index (χ3n) is 5.80. The Labute approximate surface area is 190 Å². The van der Waals surface area contributed by atoms with Gasteiger partial charge in [0.05, 0.1) is 6.04 Å². The van der Waals surface area contributed by atoms with Crippen molar-refractivity contribution in [2.75, 3.05) is 6.54 Å². The van der Waals surface area contributed by atoms with Gasteiger partial charge < -0.3 is 9.64 Å². The predicted octanol–water partition coefficient (Wildman–Crippen LogP) is 3.94. The summed E-state index contributed by atoms with van der Waals surface area (Å²) in [7, 11) is -3.87. The molecule has 176 valence electrons. The van der Waals surface area contributed by atoms with E-state index in [0.29, 0.717) is 12.5 Å². The first kappa shape index (κ1) is 24.3. The fourth-order valence-electron chi connectivity index (χ4n) is 4.38. The highest BCUT2D eigenvalue weighted by Gasteiger charge is 2.42. The normalized spacial score (nSPS) is 19.7. The van der Waals surface area contributed by atoms with Crippen LogP contribution in [0.15, 0.2) is 47.6 Å². The topological polar surface area (TPSA) is 108 Å². The van der Waals surface area contributed by atoms with Crippen LogP contribution in [-0.4, -0.2) is 46.9 Å². The number of rotatable bonds is 6. The van der Waals surface area contributed by atoms with E-state index in [0.717, 1.165) is 24.8 Å². The molecule has 3 rings (SSSR count). The van der Waals surface area contributed by atoms with Crippen molar-refractivity contribution in [1.82, 2.24) is 14.7 Å². The minimum Gasteiger partial charge on any atom is -0.444 e. The summed E-state index contributed by atoms with van der Waals surface area (Å²) in [6.07, 6.45) is 3.85. The van der Waals surface area contributed by atoms with Crippen LogP contribution >= 0.6 is 0 Å². The van der Waals surface area contributed by atoms with Crippen molar-refractivity contribution < 1.29 is 17.9 Å². The van der Waals surface area contributed by atoms with Crippen molar-refractivity contribution in [1.29, 1.82) is 0 Å². The zero-order valence-corrected chi connectivity index (χ0v) is 20.3. The van der Waals surface area contributed by atoms with Gasteiger partial charge in [0, 0.05) is 18.3 Å². The van der Waals surface area contributed by atoms with Crippen molar-refractivity contribution in [2.24, 2.45) is 11.1 Å². The van der Waals surface area contributed by atoms with Crippen LogP contribution in [0, 0.1) is 5.92 Å². The Kier molecular flexibility index (Phi) is 6.72. The van der Waals surface area contributed by atoms with E-state index in [2.05, 4.69) is 18.9 Å². The first-order valence-electron chi connectivity index (χ1n) is 10.9. The molecule has 1 aromatic carbocycles. The number of amides is 1. The number of benzene rings is 1. The summed E-state index contributed by atoms with van der Waals surface area (Å²) in [6.45, 7) is 10.4. The standard InChI is InChI=1S/C23H34N4O4S/c1-22(2,3)31-21(28)26-16-17(15-23(26,4)5)11-12-19(18-9-7-6-8-10-18)27-14-13-20(25-27)32(24,29)30/h6-10,13-14,17,19H,11-12,15-16H2,1-5H3,(H2,24,29,30)/t17-,19?/m0/s1. The number of carbonyl (C=O) groups is 1. The van der Waals surface area contributed by atoms with Crippen molar-refractivity contribution in [3.8, 4) is 0 Å². The van der Waals surface area contributed by atoms with Gasteiger partial charge in [-0.25, -0.2) is 18.4 Å². The van der Waals surface area contributed by atoms with Gasteiger partial charge in [-0.1, -0.05) is 30.3 Å². The van der Waals surface area contributed by atoms with Gasteiger partial charge in [-0.3, -0.25) is 4.68 Å². The molecule has 1 unspecified atom stereocenters. The van der Waals surface area contributed by atoms with Crippen LogP contribution in [0.25, 0.3) is 0 Å². The maximum Gasteiger partial charge on any atom is 0.410 e. The van der Waals surface area contributed by atoms with Gasteiger partial charge in [-0.05, 0) is 71.4 Å². The van der Waals surface area contributed by atoms with E-state index in [9.17, 15) is 13.2 Å². The molecule has 2 atom stereocenters. The Morgan fingerprint density at radius 2 is 1.91 bits per heavy atom. The maximum atomic E-state index is 12.7. The zero-order valence-electron chi connectivity index (χ0n) is 19.5. The molecule has 8 nitrogen and oxygen atoms in total. The molecular weight excluding hydrogens is 428 g/mol. The fourth-order valence-corrected chi connectivity index (χ4v) is 4.84. The van der Waals surface area contributed by atoms with Crippen LogP contribution in [0.2, 0.25) is 0 Å². The quantitative estimate of drug-likeness (QED) is 0.700. The van der Waals surface area contributed by atoms with Crippen molar-refractivity contribution in [3.05, 3.63) is 48.2 Å². The molecule has 0 radical (unpaired) electrons. The molecule has 2 aromatic rings. The first-order chi connectivity index (χ1) is 14.8. The summed E-state index contributed by atoms with van der Waals surface area (Å²) in [5.74, 6) is 0.303. The van der Waals surface area contributed by atoms with E-state index < -0.39 is 15.6 Å². The Hall–Kier alpha value is -2.39. The first-order valence-corrected chi connectivity index (χ1v) is 12.4. The number of likely N-dealkylation sites (tertiary alicyclic amines) is 1. The Bertz CT molecular complexity index is 1040. The number of carbonyl (C=O) groups excluding carboxylic acids is 1. The summed E-state index contributed by atoms with van der Waals surface area (Å²) >= 11 is 0. The van der Waals surface area contributed by atoms with Gasteiger partial charge in [0.1, 0.15) is 5.60 Å². The number of nitrogens with zero attached hydrogens (tertiary/aromatic N) is 3. The Balaban J connectivity index is 1.76. The third-order valence-corrected chi connectivity index (χ3v) is 6.60. The molecule has 32 heavy (non-hydrogen) atoms. The average Bonchev–Trinajstić information content (AvgIpc) is 3.26. The van der Waals surface area contributed by atoms with E-state index >= 15 is 0 Å². The van der Waals surface area contributed by atoms with Gasteiger partial charge in [0.2, 0.25) is 0 Å². The number of sulfonamides is 1. The lowest BCUT2D eigenvalue weighted by Gasteiger charge is -2.33. The Morgan fingerprint density at radius 1 is 1.25 bits per heavy atom. The average molecular weight is 463 g/mol. The van der Waals surface area contributed by atoms with Crippen LogP contribution in [-0.2, 0) is 14.8 Å². The van der Waals surface area contributed by atoms with Gasteiger partial charge in [-0.15, -0.1) is 0 Å². The van der Waals surface area contributed by atoms with E-state index in [1.54, 1.807) is 10.9 Å². The molecule has 0 spiro atoms. The molecule has 2 heterocycles. The summed E-state index contributed by atoms with van der Waals surface area (Å²) in [4.78, 5) is 14.5. The number of aromatic nitrogens is 2. The highest BCUT2D eigenvalue weighted by Crippen LogP contribution is 2.38. The molecule has 1 amide bonds. The lowest BCUT2D eigenvalue weighted by Crippen LogP contribution is -2.45. The van der Waals surface area contributed by atoms with Gasteiger partial charge in [-0.2, -0.15) is 5.10 Å². The molecule has 9 heteroatoms. The minimum atomic E-state index is -3.87. The van der Waals surface area contributed by atoms with Crippen molar-refractivity contribution in [2.45, 2.75) is 76.1 Å². The molecular formula is C23H34N4O4S. The summed E-state index contributed by atoms with van der Waals surface area (Å²) < 4.78 is 30.7. The largest absolute Gasteiger partial charge is 0.444 e. The van der Waals surface area contributed by atoms with Crippen LogP contribution in [0.3, 0.4) is 0 Å². The summed E-state index contributed by atoms with van der Waals surface area (Å²) in [5.41, 5.74) is 0.213. The number of hydrogen-bond donors (Lipinski definition) is 1. The SMILES string of the molecule is CC(C)(C)OC(=O)N1C[C@@H](CCC(c2ccccc2)n2ccc(S(N)(=O)=O)n2)CC1(C)C. The van der Waals surface area contributed by atoms with Gasteiger partial charge in [0.25, 0.3) is 10.0 Å². The molecule has 0 saturated carbocycles. The van der Waals surface area contributed by atoms with Crippen LogP contribution in [0.4, 0.5) is 4.79 Å². The number of nitrogens with two attached hydrogens (primary N) is 1. The second-order valence-corrected chi connectivity index (χ2v) is 11.7. The lowest BCUT2D eigenvalue weighted by molar-refractivity contribution is 0.0130. The van der Waals surface area contributed by atoms with Gasteiger partial charge in [0.15, 0.2) is 5.03 Å². The zero-order chi connectivity index (χ0) is 23.7. The number of primary sulfonamides is 1. The molecule has 0 bridgehead atoms. The van der Waals surface area contributed by atoms with E-state index in [4.69, 9.17) is 9.88 Å². The smallest absolute Gasteiger partial charge is 0.410 e. The van der Waals surface area contributed by atoms with Crippen LogP contribution in [0.1, 0.15) is 65.5 Å². The maximum absolute atomic E-state index is 12.7. The molecule has 1 aliphatic rings. The highest BCUT2D eigenvalue weighted by molar-refractivity contribution is 7.89. The van der Waals surface area contributed by atoms with E-state index in [1.165, 1.54) is 6.07 Å². The second-order valence-electron chi connectivity index (χ2n) is 10.2. The molecule has 1 aromatic heterocycles. The molecule has 2 N–H and O–H groups in total. The monoisotopic (exact) mass is 462 g/mol. The van der Waals surface area contributed by atoms with Crippen molar-refractivity contribution in [3.63, 3.8) is 0 Å². The van der Waals surface area contributed by atoms with Crippen molar-refractivity contribution >= 4 is 16.1 Å². The molecule has 0 aliphatic carbocycles. The number of ether oxygens (including phenoxy) is 1. The lowest BCUT2D eigenvalue weighted by atomic mass is 9.90. The second kappa shape index (κ2) is 8.86. The van der Waals surface area contributed by atoms with Crippen LogP contribution < -0.4 is 5.14 Å².